The minimum atomic E-state index is -0.310. The van der Waals surface area contributed by atoms with Crippen LogP contribution in [0.2, 0.25) is 0 Å². The summed E-state index contributed by atoms with van der Waals surface area (Å²) >= 11 is 1.61. The zero-order valence-corrected chi connectivity index (χ0v) is 23.0. The molecule has 0 N–H and O–H groups in total. The van der Waals surface area contributed by atoms with Crippen molar-refractivity contribution in [1.82, 2.24) is 14.7 Å². The Morgan fingerprint density at radius 3 is 2.26 bits per heavy atom. The first-order chi connectivity index (χ1) is 18.4. The number of hydrogen-bond acceptors (Lipinski definition) is 5. The van der Waals surface area contributed by atoms with Crippen molar-refractivity contribution in [3.8, 4) is 0 Å². The van der Waals surface area contributed by atoms with Crippen LogP contribution in [0.3, 0.4) is 0 Å². The Kier molecular flexibility index (Phi) is 10.0. The Hall–Kier alpha value is -3.07. The van der Waals surface area contributed by atoms with Gasteiger partial charge in [0.25, 0.3) is 5.91 Å². The minimum absolute atomic E-state index is 0.0235. The molecule has 1 aliphatic rings. The number of amides is 2. The van der Waals surface area contributed by atoms with E-state index in [4.69, 9.17) is 4.74 Å². The molecule has 1 aliphatic heterocycles. The van der Waals surface area contributed by atoms with Crippen molar-refractivity contribution in [1.29, 1.82) is 0 Å². The van der Waals surface area contributed by atoms with Crippen LogP contribution in [0.1, 0.15) is 38.8 Å². The van der Waals surface area contributed by atoms with Crippen LogP contribution in [0.25, 0.3) is 0 Å². The highest BCUT2D eigenvalue weighted by Gasteiger charge is 2.24. The van der Waals surface area contributed by atoms with E-state index in [1.54, 1.807) is 33.3 Å². The number of morpholine rings is 1. The standard InChI is InChI=1S/C30H36FN3O3S/c1-3-24-4-8-26(9-5-24)30(36)33(14-13-32-15-17-37-18-16-32)22-29(35)34(21-28-23(2)12-19-38-28)20-25-6-10-27(31)11-7-25/h4-12,19H,3,13-18,20-22H2,1-2H3. The Balaban J connectivity index is 1.54. The van der Waals surface area contributed by atoms with Gasteiger partial charge < -0.3 is 14.5 Å². The van der Waals surface area contributed by atoms with Crippen molar-refractivity contribution in [2.75, 3.05) is 45.9 Å². The van der Waals surface area contributed by atoms with Crippen molar-refractivity contribution in [3.05, 3.63) is 92.9 Å². The van der Waals surface area contributed by atoms with Gasteiger partial charge in [-0.2, -0.15) is 0 Å². The average Bonchev–Trinajstić information content (AvgIpc) is 3.35. The lowest BCUT2D eigenvalue weighted by Crippen LogP contribution is -2.47. The van der Waals surface area contributed by atoms with Gasteiger partial charge >= 0.3 is 0 Å². The summed E-state index contributed by atoms with van der Waals surface area (Å²) in [5, 5.41) is 2.02. The third-order valence-electron chi connectivity index (χ3n) is 6.95. The third kappa shape index (κ3) is 7.72. The molecule has 2 aromatic carbocycles. The normalized spacial score (nSPS) is 13.9. The van der Waals surface area contributed by atoms with E-state index >= 15 is 0 Å². The zero-order valence-electron chi connectivity index (χ0n) is 22.2. The lowest BCUT2D eigenvalue weighted by Gasteiger charge is -2.31. The van der Waals surface area contributed by atoms with E-state index in [0.29, 0.717) is 45.0 Å². The molecule has 4 rings (SSSR count). The predicted octanol–water partition coefficient (Wildman–Crippen LogP) is 4.76. The molecule has 0 unspecified atom stereocenters. The number of carbonyl (C=O) groups excluding carboxylic acids is 2. The molecular formula is C30H36FN3O3S. The fourth-order valence-electron chi connectivity index (χ4n) is 4.45. The van der Waals surface area contributed by atoms with Gasteiger partial charge in [0.05, 0.1) is 19.8 Å². The molecule has 2 heterocycles. The van der Waals surface area contributed by atoms with Crippen LogP contribution in [0.5, 0.6) is 0 Å². The summed E-state index contributed by atoms with van der Waals surface area (Å²) < 4.78 is 19.0. The zero-order chi connectivity index (χ0) is 26.9. The van der Waals surface area contributed by atoms with Crippen LogP contribution in [0, 0.1) is 12.7 Å². The molecule has 8 heteroatoms. The van der Waals surface area contributed by atoms with Crippen molar-refractivity contribution in [2.24, 2.45) is 0 Å². The number of thiophene rings is 1. The number of rotatable bonds is 11. The van der Waals surface area contributed by atoms with Gasteiger partial charge in [0.15, 0.2) is 0 Å². The summed E-state index contributed by atoms with van der Waals surface area (Å²) in [6.45, 7) is 8.98. The third-order valence-corrected chi connectivity index (χ3v) is 7.96. The topological polar surface area (TPSA) is 53.1 Å². The first kappa shape index (κ1) is 28.0. The molecule has 0 saturated carbocycles. The Morgan fingerprint density at radius 2 is 1.63 bits per heavy atom. The average molecular weight is 538 g/mol. The number of hydrogen-bond donors (Lipinski definition) is 0. The molecule has 0 atom stereocenters. The van der Waals surface area contributed by atoms with E-state index in [2.05, 4.69) is 11.8 Å². The van der Waals surface area contributed by atoms with Gasteiger partial charge in [-0.05, 0) is 65.7 Å². The minimum Gasteiger partial charge on any atom is -0.379 e. The second-order valence-corrected chi connectivity index (χ2v) is 10.6. The van der Waals surface area contributed by atoms with Crippen molar-refractivity contribution in [3.63, 3.8) is 0 Å². The van der Waals surface area contributed by atoms with Crippen molar-refractivity contribution < 1.29 is 18.7 Å². The maximum Gasteiger partial charge on any atom is 0.254 e. The van der Waals surface area contributed by atoms with Gasteiger partial charge in [0.1, 0.15) is 12.4 Å². The predicted molar refractivity (Wildman–Crippen MR) is 149 cm³/mol. The van der Waals surface area contributed by atoms with Gasteiger partial charge in [-0.3, -0.25) is 14.5 Å². The molecule has 1 aromatic heterocycles. The van der Waals surface area contributed by atoms with Gasteiger partial charge in [0.2, 0.25) is 5.91 Å². The number of carbonyl (C=O) groups is 2. The second kappa shape index (κ2) is 13.6. The first-order valence-corrected chi connectivity index (χ1v) is 14.0. The van der Waals surface area contributed by atoms with Crippen LogP contribution >= 0.6 is 11.3 Å². The highest BCUT2D eigenvalue weighted by atomic mass is 32.1. The van der Waals surface area contributed by atoms with Crippen LogP contribution < -0.4 is 0 Å². The molecule has 1 fully saturated rings. The SMILES string of the molecule is CCc1ccc(C(=O)N(CCN2CCOCC2)CC(=O)N(Cc2ccc(F)cc2)Cc2sccc2C)cc1. The summed E-state index contributed by atoms with van der Waals surface area (Å²) in [5.74, 6) is -0.597. The van der Waals surface area contributed by atoms with E-state index in [1.165, 1.54) is 12.1 Å². The van der Waals surface area contributed by atoms with E-state index < -0.39 is 0 Å². The number of halogens is 1. The molecule has 202 valence electrons. The van der Waals surface area contributed by atoms with Gasteiger partial charge in [0, 0.05) is 43.2 Å². The van der Waals surface area contributed by atoms with E-state index in [-0.39, 0.29) is 24.2 Å². The van der Waals surface area contributed by atoms with Crippen LogP contribution in [-0.2, 0) is 29.0 Å². The Labute approximate surface area is 228 Å². The van der Waals surface area contributed by atoms with Gasteiger partial charge in [-0.25, -0.2) is 4.39 Å². The molecule has 2 amide bonds. The number of nitrogens with zero attached hydrogens (tertiary/aromatic N) is 3. The largest absolute Gasteiger partial charge is 0.379 e. The molecular weight excluding hydrogens is 501 g/mol. The molecule has 0 bridgehead atoms. The molecule has 0 radical (unpaired) electrons. The highest BCUT2D eigenvalue weighted by molar-refractivity contribution is 7.10. The smallest absolute Gasteiger partial charge is 0.254 e. The van der Waals surface area contributed by atoms with Gasteiger partial charge in [-0.15, -0.1) is 11.3 Å². The monoisotopic (exact) mass is 537 g/mol. The lowest BCUT2D eigenvalue weighted by atomic mass is 10.1. The second-order valence-electron chi connectivity index (χ2n) is 9.63. The molecule has 3 aromatic rings. The van der Waals surface area contributed by atoms with E-state index in [1.807, 2.05) is 42.6 Å². The molecule has 6 nitrogen and oxygen atoms in total. The number of aryl methyl sites for hydroxylation is 2. The Bertz CT molecular complexity index is 1190. The van der Waals surface area contributed by atoms with E-state index in [9.17, 15) is 14.0 Å². The van der Waals surface area contributed by atoms with Crippen LogP contribution in [0.4, 0.5) is 4.39 Å². The number of benzene rings is 2. The summed E-state index contributed by atoms with van der Waals surface area (Å²) in [4.78, 5) is 34.2. The summed E-state index contributed by atoms with van der Waals surface area (Å²) in [5.41, 5.74) is 3.71. The highest BCUT2D eigenvalue weighted by Crippen LogP contribution is 2.20. The first-order valence-electron chi connectivity index (χ1n) is 13.2. The van der Waals surface area contributed by atoms with Crippen molar-refractivity contribution in [2.45, 2.75) is 33.4 Å². The van der Waals surface area contributed by atoms with E-state index in [0.717, 1.165) is 41.1 Å². The summed E-state index contributed by atoms with van der Waals surface area (Å²) in [6.07, 6.45) is 0.897. The fourth-order valence-corrected chi connectivity index (χ4v) is 5.37. The molecule has 1 saturated heterocycles. The summed E-state index contributed by atoms with van der Waals surface area (Å²) in [7, 11) is 0. The van der Waals surface area contributed by atoms with Gasteiger partial charge in [-0.1, -0.05) is 31.2 Å². The van der Waals surface area contributed by atoms with Crippen LogP contribution in [-0.4, -0.2) is 72.5 Å². The summed E-state index contributed by atoms with van der Waals surface area (Å²) in [6, 6.07) is 15.9. The molecule has 0 aliphatic carbocycles. The lowest BCUT2D eigenvalue weighted by molar-refractivity contribution is -0.133. The van der Waals surface area contributed by atoms with Crippen molar-refractivity contribution >= 4 is 23.2 Å². The molecule has 38 heavy (non-hydrogen) atoms. The quantitative estimate of drug-likeness (QED) is 0.354. The Morgan fingerprint density at radius 1 is 0.947 bits per heavy atom. The number of ether oxygens (including phenoxy) is 1. The maximum atomic E-state index is 13.8. The maximum absolute atomic E-state index is 13.8. The van der Waals surface area contributed by atoms with Crippen LogP contribution in [0.15, 0.2) is 60.0 Å². The fraction of sp³-hybridized carbons (Fsp3) is 0.400. The molecule has 0 spiro atoms.